The number of anilines is 1. The Hall–Kier alpha value is -2.49. The predicted molar refractivity (Wildman–Crippen MR) is 136 cm³/mol. The summed E-state index contributed by atoms with van der Waals surface area (Å²) in [5.74, 6) is 0.994. The number of amides is 1. The van der Waals surface area contributed by atoms with Crippen LogP contribution in [-0.2, 0) is 17.7 Å². The molecule has 0 radical (unpaired) electrons. The number of ether oxygens (including phenoxy) is 1. The van der Waals surface area contributed by atoms with Crippen LogP contribution in [0.3, 0.4) is 0 Å². The Kier molecular flexibility index (Phi) is 11.2. The third-order valence-electron chi connectivity index (χ3n) is 4.01. The van der Waals surface area contributed by atoms with Gasteiger partial charge in [-0.05, 0) is 69.5 Å². The van der Waals surface area contributed by atoms with Gasteiger partial charge in [-0.2, -0.15) is 0 Å². The van der Waals surface area contributed by atoms with Gasteiger partial charge in [0.2, 0.25) is 0 Å². The molecule has 1 amide bonds. The second-order valence-corrected chi connectivity index (χ2v) is 7.86. The number of phenolic OH excluding ortho intramolecular Hbond substituents is 1. The zero-order chi connectivity index (χ0) is 22.0. The molecule has 2 aromatic carbocycles. The normalized spacial score (nSPS) is 11.3. The number of rotatable bonds is 7. The highest BCUT2D eigenvalue weighted by molar-refractivity contribution is 14.0. The van der Waals surface area contributed by atoms with E-state index in [0.29, 0.717) is 12.2 Å². The number of aromatic hydroxyl groups is 1. The van der Waals surface area contributed by atoms with Crippen molar-refractivity contribution in [3.05, 3.63) is 59.7 Å². The van der Waals surface area contributed by atoms with Gasteiger partial charge in [-0.25, -0.2) is 9.79 Å². The molecule has 2 rings (SSSR count). The van der Waals surface area contributed by atoms with Crippen LogP contribution in [0.4, 0.5) is 10.5 Å². The zero-order valence-electron chi connectivity index (χ0n) is 18.6. The van der Waals surface area contributed by atoms with Gasteiger partial charge < -0.3 is 20.5 Å². The van der Waals surface area contributed by atoms with Crippen molar-refractivity contribution in [2.24, 2.45) is 4.99 Å². The fourth-order valence-electron chi connectivity index (χ4n) is 2.61. The molecule has 0 saturated heterocycles. The zero-order valence-corrected chi connectivity index (χ0v) is 20.9. The van der Waals surface area contributed by atoms with Crippen LogP contribution in [0, 0.1) is 0 Å². The monoisotopic (exact) mass is 540 g/mol. The Morgan fingerprint density at radius 2 is 1.61 bits per heavy atom. The molecule has 31 heavy (non-hydrogen) atoms. The number of nitrogens with one attached hydrogen (secondary N) is 3. The number of halogens is 1. The summed E-state index contributed by atoms with van der Waals surface area (Å²) in [5.41, 5.74) is 2.35. The molecule has 0 aliphatic heterocycles. The van der Waals surface area contributed by atoms with Gasteiger partial charge in [0, 0.05) is 18.8 Å². The minimum atomic E-state index is -0.524. The SMILES string of the molecule is CCNC(=NCc1ccc(O)cc1)NCCc1ccc(NC(=O)OC(C)(C)C)cc1.I. The Labute approximate surface area is 201 Å². The van der Waals surface area contributed by atoms with Gasteiger partial charge in [-0.3, -0.25) is 5.32 Å². The Morgan fingerprint density at radius 3 is 2.19 bits per heavy atom. The van der Waals surface area contributed by atoms with Crippen molar-refractivity contribution in [2.75, 3.05) is 18.4 Å². The van der Waals surface area contributed by atoms with Crippen LogP contribution in [0.2, 0.25) is 0 Å². The van der Waals surface area contributed by atoms with Crippen LogP contribution in [0.15, 0.2) is 53.5 Å². The van der Waals surface area contributed by atoms with Crippen molar-refractivity contribution in [1.29, 1.82) is 0 Å². The van der Waals surface area contributed by atoms with Gasteiger partial charge in [-0.15, -0.1) is 24.0 Å². The number of hydrogen-bond acceptors (Lipinski definition) is 4. The van der Waals surface area contributed by atoms with E-state index in [9.17, 15) is 9.90 Å². The van der Waals surface area contributed by atoms with Crippen LogP contribution in [0.25, 0.3) is 0 Å². The number of benzene rings is 2. The molecule has 0 unspecified atom stereocenters. The summed E-state index contributed by atoms with van der Waals surface area (Å²) in [4.78, 5) is 16.4. The highest BCUT2D eigenvalue weighted by Crippen LogP contribution is 2.13. The van der Waals surface area contributed by atoms with E-state index in [0.717, 1.165) is 36.6 Å². The molecular weight excluding hydrogens is 507 g/mol. The van der Waals surface area contributed by atoms with Gasteiger partial charge in [0.15, 0.2) is 5.96 Å². The second-order valence-electron chi connectivity index (χ2n) is 7.86. The number of phenols is 1. The van der Waals surface area contributed by atoms with Gasteiger partial charge in [0.05, 0.1) is 6.54 Å². The minimum absolute atomic E-state index is 0. The van der Waals surface area contributed by atoms with E-state index in [4.69, 9.17) is 4.74 Å². The number of nitrogens with zero attached hydrogens (tertiary/aromatic N) is 1. The Balaban J connectivity index is 0.00000480. The second kappa shape index (κ2) is 13.0. The minimum Gasteiger partial charge on any atom is -0.508 e. The average Bonchev–Trinajstić information content (AvgIpc) is 2.67. The van der Waals surface area contributed by atoms with E-state index in [2.05, 4.69) is 20.9 Å². The summed E-state index contributed by atoms with van der Waals surface area (Å²) in [7, 11) is 0. The first-order chi connectivity index (χ1) is 14.2. The van der Waals surface area contributed by atoms with Gasteiger partial charge in [0.25, 0.3) is 0 Å². The largest absolute Gasteiger partial charge is 0.508 e. The number of carbonyl (C=O) groups excluding carboxylic acids is 1. The summed E-state index contributed by atoms with van der Waals surface area (Å²) >= 11 is 0. The lowest BCUT2D eigenvalue weighted by molar-refractivity contribution is 0.0636. The number of guanidine groups is 1. The van der Waals surface area contributed by atoms with E-state index < -0.39 is 11.7 Å². The van der Waals surface area contributed by atoms with Crippen molar-refractivity contribution >= 4 is 41.7 Å². The van der Waals surface area contributed by atoms with Crippen LogP contribution in [0.5, 0.6) is 5.75 Å². The van der Waals surface area contributed by atoms with E-state index in [1.165, 1.54) is 0 Å². The van der Waals surface area contributed by atoms with E-state index in [-0.39, 0.29) is 29.7 Å². The molecule has 8 heteroatoms. The smallest absolute Gasteiger partial charge is 0.412 e. The summed E-state index contributed by atoms with van der Waals surface area (Å²) in [6, 6.07) is 14.7. The van der Waals surface area contributed by atoms with Crippen LogP contribution >= 0.6 is 24.0 Å². The van der Waals surface area contributed by atoms with Crippen molar-refractivity contribution in [3.63, 3.8) is 0 Å². The summed E-state index contributed by atoms with van der Waals surface area (Å²) < 4.78 is 5.25. The van der Waals surface area contributed by atoms with Crippen molar-refractivity contribution in [2.45, 2.75) is 46.3 Å². The summed E-state index contributed by atoms with van der Waals surface area (Å²) in [6.45, 7) is 9.54. The van der Waals surface area contributed by atoms with E-state index in [1.54, 1.807) is 12.1 Å². The maximum absolute atomic E-state index is 11.8. The van der Waals surface area contributed by atoms with E-state index in [1.807, 2.05) is 64.1 Å². The molecule has 170 valence electrons. The highest BCUT2D eigenvalue weighted by atomic mass is 127. The maximum atomic E-state index is 11.8. The molecule has 0 atom stereocenters. The highest BCUT2D eigenvalue weighted by Gasteiger charge is 2.16. The standard InChI is InChI=1S/C23H32N4O3.HI/c1-5-24-21(26-16-18-8-12-20(28)13-9-18)25-15-14-17-6-10-19(11-7-17)27-22(29)30-23(2,3)4;/h6-13,28H,5,14-16H2,1-4H3,(H,27,29)(H2,24,25,26);1H. The fraction of sp³-hybridized carbons (Fsp3) is 0.391. The number of aliphatic imine (C=N–C) groups is 1. The van der Waals surface area contributed by atoms with Crippen molar-refractivity contribution in [1.82, 2.24) is 10.6 Å². The molecule has 2 aromatic rings. The first-order valence-electron chi connectivity index (χ1n) is 10.1. The third-order valence-corrected chi connectivity index (χ3v) is 4.01. The molecular formula is C23H33IN4O3. The molecule has 4 N–H and O–H groups in total. The number of hydrogen-bond donors (Lipinski definition) is 4. The summed E-state index contributed by atoms with van der Waals surface area (Å²) in [5, 5.41) is 18.6. The summed E-state index contributed by atoms with van der Waals surface area (Å²) in [6.07, 6.45) is 0.355. The first-order valence-corrected chi connectivity index (χ1v) is 10.1. The lowest BCUT2D eigenvalue weighted by Crippen LogP contribution is -2.38. The van der Waals surface area contributed by atoms with Crippen LogP contribution in [-0.4, -0.2) is 35.8 Å². The lowest BCUT2D eigenvalue weighted by Gasteiger charge is -2.19. The van der Waals surface area contributed by atoms with Crippen LogP contribution < -0.4 is 16.0 Å². The molecule has 0 heterocycles. The molecule has 0 fully saturated rings. The first kappa shape index (κ1) is 26.5. The Bertz CT molecular complexity index is 831. The van der Waals surface area contributed by atoms with E-state index >= 15 is 0 Å². The maximum Gasteiger partial charge on any atom is 0.412 e. The Morgan fingerprint density at radius 1 is 1.00 bits per heavy atom. The molecule has 0 saturated carbocycles. The molecule has 0 aliphatic rings. The molecule has 0 aromatic heterocycles. The fourth-order valence-corrected chi connectivity index (χ4v) is 2.61. The molecule has 0 bridgehead atoms. The predicted octanol–water partition coefficient (Wildman–Crippen LogP) is 4.66. The third kappa shape index (κ3) is 10.9. The average molecular weight is 540 g/mol. The van der Waals surface area contributed by atoms with Gasteiger partial charge in [0.1, 0.15) is 11.4 Å². The van der Waals surface area contributed by atoms with Crippen molar-refractivity contribution in [3.8, 4) is 5.75 Å². The topological polar surface area (TPSA) is 95.0 Å². The van der Waals surface area contributed by atoms with Gasteiger partial charge >= 0.3 is 6.09 Å². The van der Waals surface area contributed by atoms with Crippen LogP contribution in [0.1, 0.15) is 38.8 Å². The van der Waals surface area contributed by atoms with Crippen molar-refractivity contribution < 1.29 is 14.6 Å². The number of carbonyl (C=O) groups is 1. The quantitative estimate of drug-likeness (QED) is 0.233. The lowest BCUT2D eigenvalue weighted by atomic mass is 10.1. The molecule has 0 aliphatic carbocycles. The molecule has 0 spiro atoms. The van der Waals surface area contributed by atoms with Gasteiger partial charge in [-0.1, -0.05) is 24.3 Å². The molecule has 7 nitrogen and oxygen atoms in total.